The summed E-state index contributed by atoms with van der Waals surface area (Å²) in [7, 11) is 3.46. The zero-order valence-electron chi connectivity index (χ0n) is 33.6. The van der Waals surface area contributed by atoms with Gasteiger partial charge in [0.1, 0.15) is 23.9 Å². The number of hydrogen-bond donors (Lipinski definition) is 4. The first-order valence-corrected chi connectivity index (χ1v) is 19.3. The van der Waals surface area contributed by atoms with Gasteiger partial charge in [-0.25, -0.2) is 0 Å². The molecule has 302 valence electrons. The van der Waals surface area contributed by atoms with E-state index in [-0.39, 0.29) is 30.9 Å². The molecule has 52 heavy (non-hydrogen) atoms. The van der Waals surface area contributed by atoms with Gasteiger partial charge in [0.05, 0.1) is 53.7 Å². The number of fused-ring (bicyclic) bond motifs is 2. The number of rotatable bonds is 11. The summed E-state index contributed by atoms with van der Waals surface area (Å²) in [6, 6.07) is -0.266. The van der Waals surface area contributed by atoms with Crippen molar-refractivity contribution in [2.75, 3.05) is 20.7 Å². The number of carbonyl (C=O) groups excluding carboxylic acids is 1. The molecule has 7 unspecified atom stereocenters. The first-order chi connectivity index (χ1) is 24.1. The van der Waals surface area contributed by atoms with Gasteiger partial charge >= 0.3 is 5.97 Å². The van der Waals surface area contributed by atoms with Crippen LogP contribution in [-0.4, -0.2) is 142 Å². The van der Waals surface area contributed by atoms with Gasteiger partial charge in [-0.1, -0.05) is 33.8 Å². The minimum atomic E-state index is -1.79. The maximum atomic E-state index is 14.3. The predicted molar refractivity (Wildman–Crippen MR) is 193 cm³/mol. The number of ether oxygens (including phenoxy) is 7. The maximum absolute atomic E-state index is 14.3. The molecule has 2 bridgehead atoms. The number of likely N-dealkylation sites (N-methyl/N-ethyl adjacent to an activating group) is 1. The molecule has 4 saturated heterocycles. The van der Waals surface area contributed by atoms with Gasteiger partial charge < -0.3 is 53.6 Å². The smallest absolute Gasteiger partial charge is 0.311 e. The fourth-order valence-electron chi connectivity index (χ4n) is 9.47. The van der Waals surface area contributed by atoms with E-state index in [2.05, 4.69) is 13.5 Å². The molecule has 4 aliphatic heterocycles. The Kier molecular flexibility index (Phi) is 14.1. The van der Waals surface area contributed by atoms with Crippen LogP contribution in [0.5, 0.6) is 0 Å². The molecule has 0 aromatic carbocycles. The van der Waals surface area contributed by atoms with Crippen molar-refractivity contribution in [1.82, 2.24) is 4.90 Å². The normalized spacial score (nSPS) is 48.0. The summed E-state index contributed by atoms with van der Waals surface area (Å²) in [5, 5.41) is 45.5. The fraction of sp³-hybridized carbons (Fsp3) is 0.923. The van der Waals surface area contributed by atoms with Gasteiger partial charge in [0.2, 0.25) is 0 Å². The second kappa shape index (κ2) is 16.9. The monoisotopic (exact) mass is 743 g/mol. The molecule has 4 heterocycles. The molecule has 4 aliphatic rings. The van der Waals surface area contributed by atoms with Gasteiger partial charge in [0.25, 0.3) is 0 Å². The number of aliphatic hydroxyl groups excluding tert-OH is 3. The summed E-state index contributed by atoms with van der Waals surface area (Å²) in [6.45, 7) is 22.7. The van der Waals surface area contributed by atoms with E-state index in [1.807, 2.05) is 39.6 Å². The van der Waals surface area contributed by atoms with E-state index in [9.17, 15) is 25.2 Å². The van der Waals surface area contributed by atoms with Crippen LogP contribution in [0.3, 0.4) is 0 Å². The molecule has 13 nitrogen and oxygen atoms in total. The van der Waals surface area contributed by atoms with Crippen LogP contribution in [0.4, 0.5) is 0 Å². The summed E-state index contributed by atoms with van der Waals surface area (Å²) in [5.74, 6) is -2.73. The van der Waals surface area contributed by atoms with Crippen molar-refractivity contribution < 1.29 is 58.4 Å². The highest BCUT2D eigenvalue weighted by Gasteiger charge is 2.59. The molecule has 19 atom stereocenters. The largest absolute Gasteiger partial charge is 0.459 e. The number of carbonyl (C=O) groups is 1. The lowest BCUT2D eigenvalue weighted by atomic mass is 9.76. The number of methoxy groups -OCH3 is 1. The minimum Gasteiger partial charge on any atom is -0.459 e. The Morgan fingerprint density at radius 3 is 2.33 bits per heavy atom. The Bertz CT molecular complexity index is 1210. The maximum Gasteiger partial charge on any atom is 0.311 e. The molecule has 4 fully saturated rings. The third-order valence-electron chi connectivity index (χ3n) is 12.7. The van der Waals surface area contributed by atoms with Crippen LogP contribution in [0.25, 0.3) is 0 Å². The number of nitrogens with zero attached hydrogens (tertiary/aromatic N) is 1. The van der Waals surface area contributed by atoms with Crippen LogP contribution in [-0.2, 0) is 38.0 Å². The lowest BCUT2D eigenvalue weighted by Gasteiger charge is -2.48. The van der Waals surface area contributed by atoms with Crippen LogP contribution in [0.15, 0.2) is 12.7 Å². The lowest BCUT2D eigenvalue weighted by Crippen LogP contribution is -2.60. The molecule has 0 saturated carbocycles. The zero-order valence-corrected chi connectivity index (χ0v) is 33.6. The van der Waals surface area contributed by atoms with Gasteiger partial charge in [-0.15, -0.1) is 6.58 Å². The third-order valence-corrected chi connectivity index (χ3v) is 12.7. The number of hydrogen-bond acceptors (Lipinski definition) is 13. The van der Waals surface area contributed by atoms with E-state index < -0.39 is 102 Å². The highest BCUT2D eigenvalue weighted by Crippen LogP contribution is 2.48. The van der Waals surface area contributed by atoms with Gasteiger partial charge in [-0.2, -0.15) is 0 Å². The second-order valence-electron chi connectivity index (χ2n) is 17.0. The Morgan fingerprint density at radius 2 is 1.73 bits per heavy atom. The lowest BCUT2D eigenvalue weighted by molar-refractivity contribution is -0.318. The zero-order chi connectivity index (χ0) is 39.1. The highest BCUT2D eigenvalue weighted by molar-refractivity contribution is 5.73. The predicted octanol–water partition coefficient (Wildman–Crippen LogP) is 3.18. The number of aliphatic hydroxyl groups is 4. The van der Waals surface area contributed by atoms with E-state index in [4.69, 9.17) is 33.2 Å². The summed E-state index contributed by atoms with van der Waals surface area (Å²) in [6.07, 6.45) is -5.82. The van der Waals surface area contributed by atoms with Crippen LogP contribution in [0, 0.1) is 23.7 Å². The van der Waals surface area contributed by atoms with Gasteiger partial charge in [-0.05, 0) is 73.8 Å². The van der Waals surface area contributed by atoms with Crippen LogP contribution in [0.2, 0.25) is 0 Å². The molecule has 0 aliphatic carbocycles. The molecule has 0 aromatic rings. The molecule has 4 rings (SSSR count). The van der Waals surface area contributed by atoms with Gasteiger partial charge in [-0.3, -0.25) is 9.69 Å². The molecule has 0 radical (unpaired) electrons. The highest BCUT2D eigenvalue weighted by atomic mass is 16.7. The summed E-state index contributed by atoms with van der Waals surface area (Å²) in [4.78, 5) is 16.4. The fourth-order valence-corrected chi connectivity index (χ4v) is 9.47. The molecular formula is C39H69NO12. The third kappa shape index (κ3) is 8.60. The topological polar surface area (TPSA) is 166 Å². The van der Waals surface area contributed by atoms with Crippen molar-refractivity contribution in [3.8, 4) is 0 Å². The van der Waals surface area contributed by atoms with E-state index in [0.29, 0.717) is 19.4 Å². The molecule has 4 N–H and O–H groups in total. The average Bonchev–Trinajstić information content (AvgIpc) is 3.40. The van der Waals surface area contributed by atoms with Crippen molar-refractivity contribution in [2.45, 2.75) is 185 Å². The van der Waals surface area contributed by atoms with Crippen LogP contribution < -0.4 is 0 Å². The second-order valence-corrected chi connectivity index (χ2v) is 17.0. The van der Waals surface area contributed by atoms with Crippen molar-refractivity contribution in [2.24, 2.45) is 23.7 Å². The van der Waals surface area contributed by atoms with Gasteiger partial charge in [0.15, 0.2) is 12.6 Å². The Morgan fingerprint density at radius 1 is 1.08 bits per heavy atom. The van der Waals surface area contributed by atoms with E-state index in [1.165, 1.54) is 14.0 Å². The molecule has 0 aromatic heterocycles. The Hall–Kier alpha value is -1.23. The molecule has 0 spiro atoms. The van der Waals surface area contributed by atoms with Gasteiger partial charge in [0, 0.05) is 38.0 Å². The first kappa shape index (κ1) is 43.5. The van der Waals surface area contributed by atoms with Crippen molar-refractivity contribution in [3.05, 3.63) is 12.7 Å². The van der Waals surface area contributed by atoms with Crippen molar-refractivity contribution in [3.63, 3.8) is 0 Å². The molecule has 13 heteroatoms. The SMILES string of the molecule is C=CCN(C)C1CC(C)O[C@@H](O[C@@H]2[C@@H](C)[C@H](O[C@H]3CC(C)(OC)[C@@H](O)C(C)O3)[C@@H](C)C(=O)O[C@@H]([C@](C)(O)[C@H](O)CC)[C@@H](C)C3O[C@]2(C)CC3C)C1O. The Labute approximate surface area is 311 Å². The van der Waals surface area contributed by atoms with E-state index in [1.54, 1.807) is 33.8 Å². The van der Waals surface area contributed by atoms with E-state index >= 15 is 0 Å². The molecular weight excluding hydrogens is 674 g/mol. The number of esters is 1. The summed E-state index contributed by atoms with van der Waals surface area (Å²) in [5.41, 5.74) is -3.75. The summed E-state index contributed by atoms with van der Waals surface area (Å²) >= 11 is 0. The quantitative estimate of drug-likeness (QED) is 0.180. The number of cyclic esters (lactones) is 1. The first-order valence-electron chi connectivity index (χ1n) is 19.3. The van der Waals surface area contributed by atoms with Crippen LogP contribution >= 0.6 is 0 Å². The summed E-state index contributed by atoms with van der Waals surface area (Å²) < 4.78 is 45.3. The Balaban J connectivity index is 1.82. The van der Waals surface area contributed by atoms with Crippen molar-refractivity contribution >= 4 is 5.97 Å². The minimum absolute atomic E-state index is 0.0701. The standard InChI is InChI=1S/C39H69NO12/c1-14-16-40(12)26-17-21(4)47-36(29(26)42)51-33-23(6)31(49-28-19-37(9,46-13)32(43)25(8)48-28)24(7)35(44)50-34(39(11,45)27(41)15-2)22(5)30-20(3)18-38(33,10)52-30/h14,20-34,36,41-43,45H,1,15-19H2,2-13H3/t20?,21?,22-,23-,24+,25?,26?,27+,28-,29?,30?,31-,32-,33+,34+,36-,37?,38+,39+/m0/s1. The average molecular weight is 744 g/mol. The van der Waals surface area contributed by atoms with E-state index in [0.717, 1.165) is 0 Å². The van der Waals surface area contributed by atoms with Crippen molar-refractivity contribution in [1.29, 1.82) is 0 Å². The van der Waals surface area contributed by atoms with Crippen LogP contribution in [0.1, 0.15) is 94.9 Å². The molecule has 0 amide bonds.